The fourth-order valence-electron chi connectivity index (χ4n) is 1.45. The molecule has 0 unspecified atom stereocenters. The van der Waals surface area contributed by atoms with Crippen LogP contribution in [0.2, 0.25) is 0 Å². The molecule has 1 aliphatic carbocycles. The third-order valence-corrected chi connectivity index (χ3v) is 3.21. The van der Waals surface area contributed by atoms with Gasteiger partial charge in [0.25, 0.3) is 0 Å². The Morgan fingerprint density at radius 1 is 1.35 bits per heavy atom. The predicted molar refractivity (Wildman–Crippen MR) is 63.9 cm³/mol. The molecule has 17 heavy (non-hydrogen) atoms. The van der Waals surface area contributed by atoms with Crippen molar-refractivity contribution in [2.24, 2.45) is 5.41 Å². The molecule has 2 amide bonds. The molecule has 1 fully saturated rings. The van der Waals surface area contributed by atoms with E-state index in [-0.39, 0.29) is 12.6 Å². The van der Waals surface area contributed by atoms with Crippen LogP contribution in [0.15, 0.2) is 0 Å². The Labute approximate surface area is 101 Å². The highest BCUT2D eigenvalue weighted by Crippen LogP contribution is 2.45. The number of nitrogens with one attached hydrogen (secondary N) is 2. The van der Waals surface area contributed by atoms with Crippen LogP contribution in [0.1, 0.15) is 19.8 Å². The van der Waals surface area contributed by atoms with Gasteiger partial charge in [-0.15, -0.1) is 0 Å². The molecule has 0 aromatic carbocycles. The molecular weight excluding hydrogens is 222 g/mol. The summed E-state index contributed by atoms with van der Waals surface area (Å²) in [6.45, 7) is 4.55. The zero-order chi connectivity index (χ0) is 12.9. The van der Waals surface area contributed by atoms with Gasteiger partial charge in [0.2, 0.25) is 0 Å². The Morgan fingerprint density at radius 2 is 2.00 bits per heavy atom. The van der Waals surface area contributed by atoms with Gasteiger partial charge in [-0.2, -0.15) is 0 Å². The van der Waals surface area contributed by atoms with E-state index in [0.717, 1.165) is 13.1 Å². The Bertz CT molecular complexity index is 290. The molecule has 0 atom stereocenters. The topological polar surface area (TPSA) is 81.7 Å². The summed E-state index contributed by atoms with van der Waals surface area (Å²) < 4.78 is 0. The Balaban J connectivity index is 2.12. The van der Waals surface area contributed by atoms with Gasteiger partial charge in [-0.25, -0.2) is 4.79 Å². The van der Waals surface area contributed by atoms with Crippen LogP contribution in [0, 0.1) is 5.41 Å². The van der Waals surface area contributed by atoms with E-state index >= 15 is 0 Å². The van der Waals surface area contributed by atoms with E-state index in [1.54, 1.807) is 0 Å². The maximum atomic E-state index is 11.4. The number of nitrogens with zero attached hydrogens (tertiary/aromatic N) is 1. The predicted octanol–water partition coefficient (Wildman–Crippen LogP) is 0.102. The molecule has 0 bridgehead atoms. The summed E-state index contributed by atoms with van der Waals surface area (Å²) in [4.78, 5) is 24.3. The van der Waals surface area contributed by atoms with Crippen LogP contribution in [0.25, 0.3) is 0 Å². The lowest BCUT2D eigenvalue weighted by Crippen LogP contribution is -2.43. The van der Waals surface area contributed by atoms with Gasteiger partial charge >= 0.3 is 12.0 Å². The largest absolute Gasteiger partial charge is 0.481 e. The minimum absolute atomic E-state index is 0.220. The standard InChI is InChI=1S/C11H21N3O3/c1-3-14(2)7-6-12-10(17)13-8-11(4-5-11)9(15)16/h3-8H2,1-2H3,(H,15,16)(H2,12,13,17). The summed E-state index contributed by atoms with van der Waals surface area (Å²) in [6, 6.07) is -0.290. The van der Waals surface area contributed by atoms with E-state index in [1.165, 1.54) is 0 Å². The van der Waals surface area contributed by atoms with E-state index in [2.05, 4.69) is 15.5 Å². The monoisotopic (exact) mass is 243 g/mol. The first-order chi connectivity index (χ1) is 8.00. The second-order valence-electron chi connectivity index (χ2n) is 4.59. The van der Waals surface area contributed by atoms with Crippen molar-refractivity contribution in [1.29, 1.82) is 0 Å². The lowest BCUT2D eigenvalue weighted by atomic mass is 10.1. The molecule has 1 aliphatic rings. The van der Waals surface area contributed by atoms with Crippen LogP contribution in [-0.4, -0.2) is 55.2 Å². The number of urea groups is 1. The van der Waals surface area contributed by atoms with Gasteiger partial charge in [0.1, 0.15) is 0 Å². The number of carboxylic acid groups (broad SMARTS) is 1. The number of carbonyl (C=O) groups is 2. The smallest absolute Gasteiger partial charge is 0.314 e. The lowest BCUT2D eigenvalue weighted by molar-refractivity contribution is -0.143. The van der Waals surface area contributed by atoms with Crippen molar-refractivity contribution in [1.82, 2.24) is 15.5 Å². The van der Waals surface area contributed by atoms with Crippen LogP contribution in [-0.2, 0) is 4.79 Å². The van der Waals surface area contributed by atoms with E-state index in [9.17, 15) is 9.59 Å². The fraction of sp³-hybridized carbons (Fsp3) is 0.818. The van der Waals surface area contributed by atoms with Crippen molar-refractivity contribution < 1.29 is 14.7 Å². The zero-order valence-corrected chi connectivity index (χ0v) is 10.5. The molecule has 0 aromatic heterocycles. The number of rotatable bonds is 7. The molecule has 0 heterocycles. The normalized spacial score (nSPS) is 16.6. The molecule has 0 aliphatic heterocycles. The van der Waals surface area contributed by atoms with E-state index in [0.29, 0.717) is 19.4 Å². The molecule has 0 aromatic rings. The molecule has 0 saturated heterocycles. The van der Waals surface area contributed by atoms with Gasteiger partial charge in [0, 0.05) is 19.6 Å². The SMILES string of the molecule is CCN(C)CCNC(=O)NCC1(C(=O)O)CC1. The van der Waals surface area contributed by atoms with Crippen LogP contribution in [0.4, 0.5) is 4.79 Å². The van der Waals surface area contributed by atoms with Crippen molar-refractivity contribution in [2.75, 3.05) is 33.2 Å². The van der Waals surface area contributed by atoms with Gasteiger partial charge in [-0.05, 0) is 26.4 Å². The average Bonchev–Trinajstić information content (AvgIpc) is 3.07. The van der Waals surface area contributed by atoms with Crippen LogP contribution >= 0.6 is 0 Å². The average molecular weight is 243 g/mol. The summed E-state index contributed by atoms with van der Waals surface area (Å²) >= 11 is 0. The maximum Gasteiger partial charge on any atom is 0.314 e. The fourth-order valence-corrected chi connectivity index (χ4v) is 1.45. The highest BCUT2D eigenvalue weighted by molar-refractivity contribution is 5.80. The Hall–Kier alpha value is -1.30. The Morgan fingerprint density at radius 3 is 2.47 bits per heavy atom. The molecule has 1 rings (SSSR count). The van der Waals surface area contributed by atoms with Gasteiger partial charge in [-0.1, -0.05) is 6.92 Å². The number of likely N-dealkylation sites (N-methyl/N-ethyl adjacent to an activating group) is 1. The number of aliphatic carboxylic acids is 1. The van der Waals surface area contributed by atoms with Crippen molar-refractivity contribution in [3.05, 3.63) is 0 Å². The first kappa shape index (κ1) is 13.8. The van der Waals surface area contributed by atoms with Crippen LogP contribution < -0.4 is 10.6 Å². The minimum atomic E-state index is -0.816. The summed E-state index contributed by atoms with van der Waals surface area (Å²) in [5, 5.41) is 14.2. The van der Waals surface area contributed by atoms with Gasteiger partial charge < -0.3 is 20.6 Å². The van der Waals surface area contributed by atoms with Crippen LogP contribution in [0.3, 0.4) is 0 Å². The molecular formula is C11H21N3O3. The second kappa shape index (κ2) is 5.86. The quantitative estimate of drug-likeness (QED) is 0.592. The number of carbonyl (C=O) groups excluding carboxylic acids is 1. The van der Waals surface area contributed by atoms with Gasteiger partial charge in [0.15, 0.2) is 0 Å². The number of carboxylic acids is 1. The molecule has 6 nitrogen and oxygen atoms in total. The second-order valence-corrected chi connectivity index (χ2v) is 4.59. The van der Waals surface area contributed by atoms with Crippen molar-refractivity contribution in [2.45, 2.75) is 19.8 Å². The van der Waals surface area contributed by atoms with E-state index in [1.807, 2.05) is 14.0 Å². The highest BCUT2D eigenvalue weighted by atomic mass is 16.4. The summed E-state index contributed by atoms with van der Waals surface area (Å²) in [5.74, 6) is -0.816. The first-order valence-electron chi connectivity index (χ1n) is 5.94. The molecule has 3 N–H and O–H groups in total. The molecule has 0 spiro atoms. The van der Waals surface area contributed by atoms with E-state index in [4.69, 9.17) is 5.11 Å². The minimum Gasteiger partial charge on any atom is -0.481 e. The summed E-state index contributed by atoms with van der Waals surface area (Å²) in [7, 11) is 1.98. The van der Waals surface area contributed by atoms with E-state index < -0.39 is 11.4 Å². The third kappa shape index (κ3) is 4.22. The molecule has 6 heteroatoms. The zero-order valence-electron chi connectivity index (χ0n) is 10.5. The van der Waals surface area contributed by atoms with Crippen molar-refractivity contribution in [3.8, 4) is 0 Å². The molecule has 0 radical (unpaired) electrons. The number of hydrogen-bond donors (Lipinski definition) is 3. The van der Waals surface area contributed by atoms with Crippen molar-refractivity contribution >= 4 is 12.0 Å². The molecule has 98 valence electrons. The lowest BCUT2D eigenvalue weighted by Gasteiger charge is -2.15. The highest BCUT2D eigenvalue weighted by Gasteiger charge is 2.50. The number of hydrogen-bond acceptors (Lipinski definition) is 3. The first-order valence-corrected chi connectivity index (χ1v) is 5.94. The van der Waals surface area contributed by atoms with Gasteiger partial charge in [-0.3, -0.25) is 4.79 Å². The van der Waals surface area contributed by atoms with Crippen molar-refractivity contribution in [3.63, 3.8) is 0 Å². The Kier molecular flexibility index (Phi) is 4.74. The third-order valence-electron chi connectivity index (χ3n) is 3.21. The maximum absolute atomic E-state index is 11.4. The molecule has 1 saturated carbocycles. The van der Waals surface area contributed by atoms with Crippen LogP contribution in [0.5, 0.6) is 0 Å². The van der Waals surface area contributed by atoms with Gasteiger partial charge in [0.05, 0.1) is 5.41 Å². The summed E-state index contributed by atoms with van der Waals surface area (Å²) in [5.41, 5.74) is -0.697. The number of amides is 2. The summed E-state index contributed by atoms with van der Waals surface area (Å²) in [6.07, 6.45) is 1.31.